The number of piperazine rings is 1. The highest BCUT2D eigenvalue weighted by molar-refractivity contribution is 7.86. The van der Waals surface area contributed by atoms with Crippen molar-refractivity contribution in [3.63, 3.8) is 0 Å². The van der Waals surface area contributed by atoms with Crippen LogP contribution in [-0.4, -0.2) is 80.4 Å². The summed E-state index contributed by atoms with van der Waals surface area (Å²) in [6, 6.07) is 5.13. The molecule has 26 heavy (non-hydrogen) atoms. The maximum Gasteiger partial charge on any atom is 0.321 e. The van der Waals surface area contributed by atoms with E-state index in [4.69, 9.17) is 16.3 Å². The normalized spacial score (nSPS) is 20.2. The number of carbonyl (C=O) groups is 1. The Bertz CT molecular complexity index is 760. The summed E-state index contributed by atoms with van der Waals surface area (Å²) in [5, 5.41) is 3.26. The zero-order valence-electron chi connectivity index (χ0n) is 14.6. The van der Waals surface area contributed by atoms with E-state index in [2.05, 4.69) is 5.32 Å². The van der Waals surface area contributed by atoms with E-state index in [-0.39, 0.29) is 19.1 Å². The lowest BCUT2D eigenvalue weighted by Gasteiger charge is -2.37. The van der Waals surface area contributed by atoms with Crippen molar-refractivity contribution in [2.75, 3.05) is 57.8 Å². The van der Waals surface area contributed by atoms with Crippen molar-refractivity contribution in [3.8, 4) is 0 Å². The molecule has 0 unspecified atom stereocenters. The number of morpholine rings is 1. The Labute approximate surface area is 158 Å². The second-order valence-electron chi connectivity index (χ2n) is 6.32. The predicted molar refractivity (Wildman–Crippen MR) is 99.7 cm³/mol. The van der Waals surface area contributed by atoms with Gasteiger partial charge in [0.25, 0.3) is 10.2 Å². The second-order valence-corrected chi connectivity index (χ2v) is 8.65. The SMILES string of the molecule is Cc1ccc(NC(=O)N2CCN(S(=O)(=O)N3CCOCC3)CC2)c(Cl)c1. The Morgan fingerprint density at radius 1 is 1.08 bits per heavy atom. The first-order chi connectivity index (χ1) is 12.4. The van der Waals surface area contributed by atoms with E-state index in [1.807, 2.05) is 13.0 Å². The van der Waals surface area contributed by atoms with Crippen molar-refractivity contribution in [3.05, 3.63) is 28.8 Å². The molecule has 1 N–H and O–H groups in total. The summed E-state index contributed by atoms with van der Waals surface area (Å²) in [6.45, 7) is 4.70. The first-order valence-corrected chi connectivity index (χ1v) is 10.3. The van der Waals surface area contributed by atoms with Crippen LogP contribution in [0.1, 0.15) is 5.56 Å². The van der Waals surface area contributed by atoms with Gasteiger partial charge in [-0.3, -0.25) is 0 Å². The maximum absolute atomic E-state index is 12.6. The number of nitrogens with one attached hydrogen (secondary N) is 1. The minimum Gasteiger partial charge on any atom is -0.379 e. The van der Waals surface area contributed by atoms with Crippen LogP contribution in [0.2, 0.25) is 5.02 Å². The number of nitrogens with zero attached hydrogens (tertiary/aromatic N) is 3. The number of carbonyl (C=O) groups excluding carboxylic acids is 1. The molecule has 2 amide bonds. The minimum absolute atomic E-state index is 0.273. The summed E-state index contributed by atoms with van der Waals surface area (Å²) in [5.74, 6) is 0. The fourth-order valence-corrected chi connectivity index (χ4v) is 4.82. The van der Waals surface area contributed by atoms with E-state index >= 15 is 0 Å². The molecule has 1 aromatic rings. The number of benzene rings is 1. The van der Waals surface area contributed by atoms with Gasteiger partial charge >= 0.3 is 6.03 Å². The molecule has 0 bridgehead atoms. The molecule has 0 spiro atoms. The molecular weight excluding hydrogens is 380 g/mol. The topological polar surface area (TPSA) is 82.2 Å². The van der Waals surface area contributed by atoms with Gasteiger partial charge in [-0.2, -0.15) is 17.0 Å². The van der Waals surface area contributed by atoms with Gasteiger partial charge in [0.05, 0.1) is 23.9 Å². The van der Waals surface area contributed by atoms with E-state index in [0.29, 0.717) is 50.1 Å². The van der Waals surface area contributed by atoms with Crippen molar-refractivity contribution < 1.29 is 17.9 Å². The summed E-state index contributed by atoms with van der Waals surface area (Å²) in [7, 11) is -3.50. The number of rotatable bonds is 3. The van der Waals surface area contributed by atoms with Crippen molar-refractivity contribution in [1.29, 1.82) is 0 Å². The molecule has 0 atom stereocenters. The summed E-state index contributed by atoms with van der Waals surface area (Å²) in [6.07, 6.45) is 0. The number of hydrogen-bond donors (Lipinski definition) is 1. The van der Waals surface area contributed by atoms with Crippen LogP contribution >= 0.6 is 11.6 Å². The third-order valence-corrected chi connectivity index (χ3v) is 6.86. The van der Waals surface area contributed by atoms with Crippen molar-refractivity contribution in [2.24, 2.45) is 0 Å². The lowest BCUT2D eigenvalue weighted by atomic mass is 10.2. The van der Waals surface area contributed by atoms with E-state index in [9.17, 15) is 13.2 Å². The molecule has 0 aromatic heterocycles. The molecule has 2 fully saturated rings. The van der Waals surface area contributed by atoms with Crippen LogP contribution < -0.4 is 5.32 Å². The van der Waals surface area contributed by atoms with Gasteiger partial charge in [0.2, 0.25) is 0 Å². The zero-order valence-corrected chi connectivity index (χ0v) is 16.2. The standard InChI is InChI=1S/C16H23ClN4O4S/c1-13-2-3-15(14(17)12-13)18-16(22)19-4-6-20(7-5-19)26(23,24)21-8-10-25-11-9-21/h2-3,12H,4-11H2,1H3,(H,18,22). The van der Waals surface area contributed by atoms with E-state index in [0.717, 1.165) is 5.56 Å². The van der Waals surface area contributed by atoms with Crippen LogP contribution in [0, 0.1) is 6.92 Å². The van der Waals surface area contributed by atoms with Gasteiger partial charge in [-0.25, -0.2) is 4.79 Å². The number of urea groups is 1. The molecule has 1 aromatic carbocycles. The molecule has 2 aliphatic rings. The molecule has 0 radical (unpaired) electrons. The molecule has 2 aliphatic heterocycles. The van der Waals surface area contributed by atoms with Gasteiger partial charge < -0.3 is 15.0 Å². The molecule has 0 saturated carbocycles. The van der Waals surface area contributed by atoms with Crippen LogP contribution in [0.5, 0.6) is 0 Å². The van der Waals surface area contributed by atoms with Crippen LogP contribution in [0.25, 0.3) is 0 Å². The number of aryl methyl sites for hydroxylation is 1. The molecule has 10 heteroatoms. The van der Waals surface area contributed by atoms with Crippen LogP contribution in [0.3, 0.4) is 0 Å². The second kappa shape index (κ2) is 8.10. The summed E-state index contributed by atoms with van der Waals surface area (Å²) >= 11 is 6.15. The van der Waals surface area contributed by atoms with Crippen molar-refractivity contribution in [2.45, 2.75) is 6.92 Å². The van der Waals surface area contributed by atoms with Gasteiger partial charge in [0.1, 0.15) is 0 Å². The fourth-order valence-electron chi connectivity index (χ4n) is 2.98. The van der Waals surface area contributed by atoms with E-state index < -0.39 is 10.2 Å². The van der Waals surface area contributed by atoms with Gasteiger partial charge in [0, 0.05) is 39.3 Å². The lowest BCUT2D eigenvalue weighted by Crippen LogP contribution is -2.56. The number of ether oxygens (including phenoxy) is 1. The summed E-state index contributed by atoms with van der Waals surface area (Å²) in [4.78, 5) is 14.0. The molecule has 0 aliphatic carbocycles. The lowest BCUT2D eigenvalue weighted by molar-refractivity contribution is 0.0691. The number of amides is 2. The Kier molecular flexibility index (Phi) is 6.03. The quantitative estimate of drug-likeness (QED) is 0.827. The molecule has 2 heterocycles. The Morgan fingerprint density at radius 3 is 2.31 bits per heavy atom. The Hall–Kier alpha value is -1.39. The fraction of sp³-hybridized carbons (Fsp3) is 0.562. The van der Waals surface area contributed by atoms with E-state index in [1.165, 1.54) is 8.61 Å². The largest absolute Gasteiger partial charge is 0.379 e. The average Bonchev–Trinajstić information content (AvgIpc) is 2.65. The molecule has 8 nitrogen and oxygen atoms in total. The first kappa shape index (κ1) is 19.4. The van der Waals surface area contributed by atoms with Gasteiger partial charge in [0.15, 0.2) is 0 Å². The minimum atomic E-state index is -3.50. The van der Waals surface area contributed by atoms with Crippen molar-refractivity contribution >= 4 is 33.5 Å². The summed E-state index contributed by atoms with van der Waals surface area (Å²) in [5.41, 5.74) is 1.56. The van der Waals surface area contributed by atoms with Crippen LogP contribution in [0.4, 0.5) is 10.5 Å². The molecule has 144 valence electrons. The monoisotopic (exact) mass is 402 g/mol. The Balaban J connectivity index is 1.56. The van der Waals surface area contributed by atoms with Gasteiger partial charge in [-0.05, 0) is 24.6 Å². The number of anilines is 1. The number of hydrogen-bond acceptors (Lipinski definition) is 4. The predicted octanol–water partition coefficient (Wildman–Crippen LogP) is 1.37. The zero-order chi connectivity index (χ0) is 18.7. The maximum atomic E-state index is 12.6. The molecule has 3 rings (SSSR count). The summed E-state index contributed by atoms with van der Waals surface area (Å²) < 4.78 is 33.4. The van der Waals surface area contributed by atoms with Gasteiger partial charge in [-0.15, -0.1) is 0 Å². The van der Waals surface area contributed by atoms with Gasteiger partial charge in [-0.1, -0.05) is 17.7 Å². The van der Waals surface area contributed by atoms with Crippen LogP contribution in [-0.2, 0) is 14.9 Å². The molecular formula is C16H23ClN4O4S. The smallest absolute Gasteiger partial charge is 0.321 e. The first-order valence-electron chi connectivity index (χ1n) is 8.53. The number of halogens is 1. The highest BCUT2D eigenvalue weighted by atomic mass is 35.5. The molecule has 2 saturated heterocycles. The highest BCUT2D eigenvalue weighted by Gasteiger charge is 2.34. The third kappa shape index (κ3) is 4.29. The van der Waals surface area contributed by atoms with E-state index in [1.54, 1.807) is 17.0 Å². The Morgan fingerprint density at radius 2 is 1.69 bits per heavy atom. The third-order valence-electron chi connectivity index (χ3n) is 4.51. The average molecular weight is 403 g/mol. The highest BCUT2D eigenvalue weighted by Crippen LogP contribution is 2.23. The van der Waals surface area contributed by atoms with Crippen molar-refractivity contribution in [1.82, 2.24) is 13.5 Å². The van der Waals surface area contributed by atoms with Crippen LogP contribution in [0.15, 0.2) is 18.2 Å².